The normalized spacial score (nSPS) is 16.4. The van der Waals surface area contributed by atoms with Gasteiger partial charge in [-0.1, -0.05) is 0 Å². The Kier molecular flexibility index (Phi) is 5.90. The van der Waals surface area contributed by atoms with Crippen LogP contribution in [0.4, 0.5) is 5.69 Å². The number of methoxy groups -OCH3 is 4. The Morgan fingerprint density at radius 3 is 2.00 bits per heavy atom. The van der Waals surface area contributed by atoms with Gasteiger partial charge in [-0.05, 0) is 25.9 Å². The summed E-state index contributed by atoms with van der Waals surface area (Å²) < 4.78 is 21.7. The highest BCUT2D eigenvalue weighted by molar-refractivity contribution is 5.99. The summed E-state index contributed by atoms with van der Waals surface area (Å²) in [6.45, 7) is 1.51. The van der Waals surface area contributed by atoms with Crippen LogP contribution < -0.4 is 24.4 Å². The van der Waals surface area contributed by atoms with Crippen LogP contribution in [-0.2, 0) is 9.53 Å². The fraction of sp³-hybridized carbons (Fsp3) is 0.588. The van der Waals surface area contributed by atoms with Crippen molar-refractivity contribution in [2.24, 2.45) is 0 Å². The maximum Gasteiger partial charge on any atom is 0.259 e. The van der Waals surface area contributed by atoms with Crippen molar-refractivity contribution in [2.75, 3.05) is 53.5 Å². The molecule has 0 radical (unpaired) electrons. The number of benzene rings is 1. The minimum absolute atomic E-state index is 0.0826. The first-order valence-corrected chi connectivity index (χ1v) is 7.87. The predicted molar refractivity (Wildman–Crippen MR) is 91.4 cm³/mol. The second-order valence-electron chi connectivity index (χ2n) is 5.70. The molecule has 134 valence electrons. The summed E-state index contributed by atoms with van der Waals surface area (Å²) in [5.41, 5.74) is -0.148. The van der Waals surface area contributed by atoms with Gasteiger partial charge in [-0.3, -0.25) is 4.79 Å². The minimum Gasteiger partial charge on any atom is -0.493 e. The summed E-state index contributed by atoms with van der Waals surface area (Å²) >= 11 is 0. The summed E-state index contributed by atoms with van der Waals surface area (Å²) in [6.07, 6.45) is 1.27. The average molecular weight is 338 g/mol. The lowest BCUT2D eigenvalue weighted by atomic mass is 9.90. The van der Waals surface area contributed by atoms with Crippen molar-refractivity contribution < 1.29 is 23.7 Å². The van der Waals surface area contributed by atoms with Crippen LogP contribution >= 0.6 is 0 Å². The fourth-order valence-corrected chi connectivity index (χ4v) is 3.02. The fourth-order valence-electron chi connectivity index (χ4n) is 3.02. The van der Waals surface area contributed by atoms with Crippen LogP contribution in [0, 0.1) is 0 Å². The molecule has 1 aromatic carbocycles. The first kappa shape index (κ1) is 18.4. The lowest BCUT2D eigenvalue weighted by molar-refractivity contribution is -0.143. The number of rotatable bonds is 6. The maximum atomic E-state index is 13.1. The summed E-state index contributed by atoms with van der Waals surface area (Å²) in [6, 6.07) is 3.51. The number of anilines is 1. The van der Waals surface area contributed by atoms with Gasteiger partial charge in [-0.15, -0.1) is 0 Å². The molecule has 2 rings (SSSR count). The maximum absolute atomic E-state index is 13.1. The monoisotopic (exact) mass is 338 g/mol. The van der Waals surface area contributed by atoms with E-state index in [1.807, 2.05) is 0 Å². The van der Waals surface area contributed by atoms with Crippen molar-refractivity contribution in [3.05, 3.63) is 12.1 Å². The van der Waals surface area contributed by atoms with Gasteiger partial charge in [0.2, 0.25) is 5.75 Å². The first-order chi connectivity index (χ1) is 11.5. The van der Waals surface area contributed by atoms with Crippen molar-refractivity contribution in [1.82, 2.24) is 5.32 Å². The average Bonchev–Trinajstić information content (AvgIpc) is 2.65. The number of nitrogens with zero attached hydrogens (tertiary/aromatic N) is 1. The molecule has 1 N–H and O–H groups in total. The van der Waals surface area contributed by atoms with Crippen molar-refractivity contribution in [2.45, 2.75) is 18.4 Å². The highest BCUT2D eigenvalue weighted by Gasteiger charge is 2.42. The number of nitrogens with one attached hydrogen (secondary N) is 1. The smallest absolute Gasteiger partial charge is 0.259 e. The van der Waals surface area contributed by atoms with E-state index in [1.54, 1.807) is 52.5 Å². The molecule has 1 amide bonds. The number of likely N-dealkylation sites (N-methyl/N-ethyl adjacent to an activating group) is 1. The van der Waals surface area contributed by atoms with E-state index in [0.29, 0.717) is 35.8 Å². The van der Waals surface area contributed by atoms with Crippen LogP contribution in [-0.4, -0.2) is 60.1 Å². The lowest BCUT2D eigenvalue weighted by Crippen LogP contribution is -2.54. The van der Waals surface area contributed by atoms with Crippen molar-refractivity contribution in [3.8, 4) is 17.2 Å². The molecule has 7 nitrogen and oxygen atoms in total. The third-order valence-electron chi connectivity index (χ3n) is 4.53. The quantitative estimate of drug-likeness (QED) is 0.847. The molecule has 7 heteroatoms. The van der Waals surface area contributed by atoms with Crippen LogP contribution in [0.5, 0.6) is 17.2 Å². The Balaban J connectivity index is 2.37. The van der Waals surface area contributed by atoms with Gasteiger partial charge in [0.25, 0.3) is 5.91 Å². The molecule has 1 aromatic rings. The molecule has 1 heterocycles. The SMILES string of the molecule is COc1cc(N(C)C(=O)C2(OC)CCNCC2)cc(OC)c1OC. The Labute approximate surface area is 142 Å². The van der Waals surface area contributed by atoms with E-state index in [-0.39, 0.29) is 5.91 Å². The number of amides is 1. The van der Waals surface area contributed by atoms with Gasteiger partial charge in [0.15, 0.2) is 11.5 Å². The zero-order valence-electron chi connectivity index (χ0n) is 15.0. The van der Waals surface area contributed by atoms with Gasteiger partial charge in [0.05, 0.1) is 27.0 Å². The van der Waals surface area contributed by atoms with Crippen molar-refractivity contribution in [1.29, 1.82) is 0 Å². The van der Waals surface area contributed by atoms with Crippen molar-refractivity contribution in [3.63, 3.8) is 0 Å². The molecule has 0 bridgehead atoms. The minimum atomic E-state index is -0.805. The third kappa shape index (κ3) is 3.27. The molecule has 1 aliphatic heterocycles. The van der Waals surface area contributed by atoms with Crippen LogP contribution in [0.3, 0.4) is 0 Å². The molecule has 0 atom stereocenters. The Bertz CT molecular complexity index is 559. The Morgan fingerprint density at radius 2 is 1.58 bits per heavy atom. The highest BCUT2D eigenvalue weighted by atomic mass is 16.5. The topological polar surface area (TPSA) is 69.3 Å². The molecular weight excluding hydrogens is 312 g/mol. The van der Waals surface area contributed by atoms with E-state index in [9.17, 15) is 4.79 Å². The van der Waals surface area contributed by atoms with E-state index < -0.39 is 5.60 Å². The first-order valence-electron chi connectivity index (χ1n) is 7.87. The summed E-state index contributed by atoms with van der Waals surface area (Å²) in [5, 5.41) is 3.25. The number of hydrogen-bond donors (Lipinski definition) is 1. The lowest BCUT2D eigenvalue weighted by Gasteiger charge is -2.37. The van der Waals surface area contributed by atoms with E-state index >= 15 is 0 Å². The molecular formula is C17H26N2O5. The van der Waals surface area contributed by atoms with Gasteiger partial charge in [0.1, 0.15) is 5.60 Å². The van der Waals surface area contributed by atoms with E-state index in [0.717, 1.165) is 13.1 Å². The predicted octanol–water partition coefficient (Wildman–Crippen LogP) is 1.44. The largest absolute Gasteiger partial charge is 0.493 e. The van der Waals surface area contributed by atoms with Gasteiger partial charge >= 0.3 is 0 Å². The summed E-state index contributed by atoms with van der Waals surface area (Å²) in [4.78, 5) is 14.6. The van der Waals surface area contributed by atoms with Crippen molar-refractivity contribution >= 4 is 11.6 Å². The summed E-state index contributed by atoms with van der Waals surface area (Å²) in [7, 11) is 7.96. The van der Waals surface area contributed by atoms with Crippen LogP contribution in [0.15, 0.2) is 12.1 Å². The molecule has 1 fully saturated rings. The Morgan fingerprint density at radius 1 is 1.04 bits per heavy atom. The van der Waals surface area contributed by atoms with Gasteiger partial charge in [-0.2, -0.15) is 0 Å². The molecule has 1 aliphatic rings. The summed E-state index contributed by atoms with van der Waals surface area (Å²) in [5.74, 6) is 1.42. The molecule has 0 unspecified atom stereocenters. The number of hydrogen-bond acceptors (Lipinski definition) is 6. The van der Waals surface area contributed by atoms with E-state index in [4.69, 9.17) is 18.9 Å². The number of carbonyl (C=O) groups excluding carboxylic acids is 1. The standard InChI is InChI=1S/C17H26N2O5/c1-19(16(20)17(24-5)6-8-18-9-7-17)12-10-13(21-2)15(23-4)14(11-12)22-3/h10-11,18H,6-9H2,1-5H3. The van der Waals surface area contributed by atoms with E-state index in [2.05, 4.69) is 5.32 Å². The van der Waals surface area contributed by atoms with Gasteiger partial charge in [-0.25, -0.2) is 0 Å². The van der Waals surface area contributed by atoms with Crippen LogP contribution in [0.25, 0.3) is 0 Å². The molecule has 1 saturated heterocycles. The third-order valence-corrected chi connectivity index (χ3v) is 4.53. The van der Waals surface area contributed by atoms with E-state index in [1.165, 1.54) is 0 Å². The molecule has 24 heavy (non-hydrogen) atoms. The second kappa shape index (κ2) is 7.72. The highest BCUT2D eigenvalue weighted by Crippen LogP contribution is 2.41. The van der Waals surface area contributed by atoms with Gasteiger partial charge < -0.3 is 29.2 Å². The molecule has 0 spiro atoms. The van der Waals surface area contributed by atoms with Gasteiger partial charge in [0, 0.05) is 26.3 Å². The second-order valence-corrected chi connectivity index (χ2v) is 5.70. The number of carbonyl (C=O) groups is 1. The van der Waals surface area contributed by atoms with Crippen LogP contribution in [0.2, 0.25) is 0 Å². The molecule has 0 aliphatic carbocycles. The zero-order chi connectivity index (χ0) is 17.7. The molecule has 0 aromatic heterocycles. The number of piperidine rings is 1. The Hall–Kier alpha value is -1.99. The number of ether oxygens (including phenoxy) is 4. The zero-order valence-corrected chi connectivity index (χ0v) is 15.0. The van der Waals surface area contributed by atoms with Crippen LogP contribution in [0.1, 0.15) is 12.8 Å². The molecule has 0 saturated carbocycles.